The number of carbonyl (C=O) groups is 1. The van der Waals surface area contributed by atoms with Crippen molar-refractivity contribution in [1.82, 2.24) is 0 Å². The first kappa shape index (κ1) is 13.1. The van der Waals surface area contributed by atoms with E-state index in [9.17, 15) is 9.18 Å². The molecule has 1 aromatic rings. The molecule has 0 radical (unpaired) electrons. The van der Waals surface area contributed by atoms with Crippen LogP contribution in [-0.4, -0.2) is 11.8 Å². The highest BCUT2D eigenvalue weighted by Gasteiger charge is 2.13. The van der Waals surface area contributed by atoms with Crippen LogP contribution in [0.5, 0.6) is 0 Å². The maximum atomic E-state index is 13.3. The SMILES string of the molecule is Cc1cc(Cl)c(C(=O)CCC(C)N)cc1F. The van der Waals surface area contributed by atoms with Gasteiger partial charge >= 0.3 is 0 Å². The second kappa shape index (κ2) is 5.41. The van der Waals surface area contributed by atoms with Crippen LogP contribution in [0.15, 0.2) is 12.1 Å². The summed E-state index contributed by atoms with van der Waals surface area (Å²) in [6.45, 7) is 3.43. The lowest BCUT2D eigenvalue weighted by molar-refractivity contribution is 0.0977. The van der Waals surface area contributed by atoms with Crippen LogP contribution < -0.4 is 5.73 Å². The second-order valence-electron chi connectivity index (χ2n) is 4.02. The number of nitrogens with two attached hydrogens (primary N) is 1. The van der Waals surface area contributed by atoms with Crippen LogP contribution in [0.2, 0.25) is 5.02 Å². The Bertz CT molecular complexity index is 404. The van der Waals surface area contributed by atoms with Gasteiger partial charge < -0.3 is 5.73 Å². The first-order valence-electron chi connectivity index (χ1n) is 5.16. The average molecular weight is 244 g/mol. The highest BCUT2D eigenvalue weighted by Crippen LogP contribution is 2.22. The largest absolute Gasteiger partial charge is 0.328 e. The normalized spacial score (nSPS) is 12.6. The topological polar surface area (TPSA) is 43.1 Å². The summed E-state index contributed by atoms with van der Waals surface area (Å²) >= 11 is 5.89. The molecular weight excluding hydrogens is 229 g/mol. The summed E-state index contributed by atoms with van der Waals surface area (Å²) in [6.07, 6.45) is 0.866. The smallest absolute Gasteiger partial charge is 0.164 e. The van der Waals surface area contributed by atoms with Gasteiger partial charge in [-0.15, -0.1) is 0 Å². The van der Waals surface area contributed by atoms with Crippen molar-refractivity contribution in [2.45, 2.75) is 32.7 Å². The molecule has 0 spiro atoms. The Kier molecular flexibility index (Phi) is 4.44. The summed E-state index contributed by atoms with van der Waals surface area (Å²) in [5.74, 6) is -0.574. The third-order valence-corrected chi connectivity index (χ3v) is 2.69. The lowest BCUT2D eigenvalue weighted by Gasteiger charge is -2.07. The lowest BCUT2D eigenvalue weighted by atomic mass is 10.0. The van der Waals surface area contributed by atoms with Gasteiger partial charge in [0.05, 0.1) is 5.02 Å². The van der Waals surface area contributed by atoms with Crippen LogP contribution in [0.25, 0.3) is 0 Å². The van der Waals surface area contributed by atoms with Gasteiger partial charge in [0.1, 0.15) is 5.82 Å². The Morgan fingerprint density at radius 2 is 2.19 bits per heavy atom. The number of aryl methyl sites for hydroxylation is 1. The van der Waals surface area contributed by atoms with Gasteiger partial charge in [0.15, 0.2) is 5.78 Å². The van der Waals surface area contributed by atoms with E-state index in [4.69, 9.17) is 17.3 Å². The molecule has 0 saturated carbocycles. The molecule has 1 unspecified atom stereocenters. The van der Waals surface area contributed by atoms with Gasteiger partial charge in [-0.05, 0) is 38.0 Å². The number of Topliss-reactive ketones (excluding diaryl/α,β-unsaturated/α-hetero) is 1. The predicted molar refractivity (Wildman–Crippen MR) is 63.4 cm³/mol. The van der Waals surface area contributed by atoms with Crippen LogP contribution in [0.3, 0.4) is 0 Å². The highest BCUT2D eigenvalue weighted by molar-refractivity contribution is 6.34. The fourth-order valence-electron chi connectivity index (χ4n) is 1.35. The molecule has 0 aliphatic carbocycles. The minimum Gasteiger partial charge on any atom is -0.328 e. The van der Waals surface area contributed by atoms with Crippen molar-refractivity contribution in [3.8, 4) is 0 Å². The Hall–Kier alpha value is -0.930. The maximum Gasteiger partial charge on any atom is 0.164 e. The Labute approximate surface area is 99.6 Å². The Balaban J connectivity index is 2.87. The molecule has 0 amide bonds. The summed E-state index contributed by atoms with van der Waals surface area (Å²) in [5, 5.41) is 0.300. The van der Waals surface area contributed by atoms with Crippen molar-refractivity contribution in [2.24, 2.45) is 5.73 Å². The van der Waals surface area contributed by atoms with E-state index in [2.05, 4.69) is 0 Å². The third-order valence-electron chi connectivity index (χ3n) is 2.38. The molecule has 2 N–H and O–H groups in total. The van der Waals surface area contributed by atoms with Gasteiger partial charge in [-0.3, -0.25) is 4.79 Å². The Morgan fingerprint density at radius 1 is 1.56 bits per heavy atom. The molecule has 4 heteroatoms. The van der Waals surface area contributed by atoms with E-state index in [1.165, 1.54) is 12.1 Å². The number of hydrogen-bond donors (Lipinski definition) is 1. The summed E-state index contributed by atoms with van der Waals surface area (Å²) in [6, 6.07) is 2.62. The van der Waals surface area contributed by atoms with Crippen LogP contribution in [0.1, 0.15) is 35.7 Å². The highest BCUT2D eigenvalue weighted by atomic mass is 35.5. The molecule has 1 aromatic carbocycles. The van der Waals surface area contributed by atoms with E-state index in [0.717, 1.165) is 0 Å². The second-order valence-corrected chi connectivity index (χ2v) is 4.43. The molecule has 16 heavy (non-hydrogen) atoms. The monoisotopic (exact) mass is 243 g/mol. The average Bonchev–Trinajstić information content (AvgIpc) is 2.20. The van der Waals surface area contributed by atoms with Gasteiger partial charge in [-0.1, -0.05) is 11.6 Å². The van der Waals surface area contributed by atoms with Crippen molar-refractivity contribution >= 4 is 17.4 Å². The first-order valence-corrected chi connectivity index (χ1v) is 5.54. The van der Waals surface area contributed by atoms with Crippen LogP contribution in [0, 0.1) is 12.7 Å². The predicted octanol–water partition coefficient (Wildman–Crippen LogP) is 3.10. The fourth-order valence-corrected chi connectivity index (χ4v) is 1.68. The van der Waals surface area contributed by atoms with Crippen molar-refractivity contribution in [3.63, 3.8) is 0 Å². The van der Waals surface area contributed by atoms with Crippen molar-refractivity contribution in [2.75, 3.05) is 0 Å². The minimum absolute atomic E-state index is 0.0435. The number of halogens is 2. The van der Waals surface area contributed by atoms with E-state index in [-0.39, 0.29) is 17.4 Å². The van der Waals surface area contributed by atoms with Crippen molar-refractivity contribution in [1.29, 1.82) is 0 Å². The number of hydrogen-bond acceptors (Lipinski definition) is 2. The summed E-state index contributed by atoms with van der Waals surface area (Å²) < 4.78 is 13.3. The summed E-state index contributed by atoms with van der Waals surface area (Å²) in [5.41, 5.74) is 6.23. The zero-order chi connectivity index (χ0) is 12.3. The molecule has 2 nitrogen and oxygen atoms in total. The molecule has 0 fully saturated rings. The van der Waals surface area contributed by atoms with Gasteiger partial charge in [0.25, 0.3) is 0 Å². The van der Waals surface area contributed by atoms with Gasteiger partial charge in [0.2, 0.25) is 0 Å². The van der Waals surface area contributed by atoms with Crippen LogP contribution in [0.4, 0.5) is 4.39 Å². The standard InChI is InChI=1S/C12H15ClFNO/c1-7-5-10(13)9(6-11(7)14)12(16)4-3-8(2)15/h5-6,8H,3-4,15H2,1-2H3. The van der Waals surface area contributed by atoms with E-state index >= 15 is 0 Å². The molecule has 0 aromatic heterocycles. The van der Waals surface area contributed by atoms with Crippen molar-refractivity contribution < 1.29 is 9.18 Å². The molecule has 0 heterocycles. The van der Waals surface area contributed by atoms with E-state index < -0.39 is 5.82 Å². The molecular formula is C12H15ClFNO. The van der Waals surface area contributed by atoms with Gasteiger partial charge in [-0.25, -0.2) is 4.39 Å². The quantitative estimate of drug-likeness (QED) is 0.826. The molecule has 1 atom stereocenters. The van der Waals surface area contributed by atoms with Crippen LogP contribution >= 0.6 is 11.6 Å². The number of carbonyl (C=O) groups excluding carboxylic acids is 1. The molecule has 0 aliphatic heterocycles. The van der Waals surface area contributed by atoms with Crippen LogP contribution in [-0.2, 0) is 0 Å². The van der Waals surface area contributed by atoms with Gasteiger partial charge in [-0.2, -0.15) is 0 Å². The number of ketones is 1. The fraction of sp³-hybridized carbons (Fsp3) is 0.417. The molecule has 1 rings (SSSR count). The number of rotatable bonds is 4. The molecule has 0 aliphatic rings. The molecule has 0 bridgehead atoms. The molecule has 88 valence electrons. The first-order chi connectivity index (χ1) is 7.41. The maximum absolute atomic E-state index is 13.3. The zero-order valence-corrected chi connectivity index (χ0v) is 10.1. The lowest BCUT2D eigenvalue weighted by Crippen LogP contribution is -2.16. The Morgan fingerprint density at radius 3 is 2.75 bits per heavy atom. The summed E-state index contributed by atoms with van der Waals surface area (Å²) in [7, 11) is 0. The van der Waals surface area contributed by atoms with Gasteiger partial charge in [0, 0.05) is 18.0 Å². The van der Waals surface area contributed by atoms with E-state index in [1.807, 2.05) is 6.92 Å². The molecule has 0 saturated heterocycles. The summed E-state index contributed by atoms with van der Waals surface area (Å²) in [4.78, 5) is 11.7. The van der Waals surface area contributed by atoms with Crippen molar-refractivity contribution in [3.05, 3.63) is 34.1 Å². The third kappa shape index (κ3) is 3.29. The van der Waals surface area contributed by atoms with E-state index in [0.29, 0.717) is 23.4 Å². The minimum atomic E-state index is -0.409. The van der Waals surface area contributed by atoms with E-state index in [1.54, 1.807) is 6.92 Å². The number of benzene rings is 1. The zero-order valence-electron chi connectivity index (χ0n) is 9.39.